The number of aromatic amines is 1. The Morgan fingerprint density at radius 1 is 1.15 bits per heavy atom. The van der Waals surface area contributed by atoms with Crippen molar-refractivity contribution in [1.29, 1.82) is 0 Å². The number of H-pyrrole nitrogens is 1. The molecule has 3 rings (SSSR count). The molecule has 0 saturated carbocycles. The molecule has 0 spiro atoms. The maximum atomic E-state index is 13.0. The molecule has 0 unspecified atom stereocenters. The average molecular weight is 665 g/mol. The van der Waals surface area contributed by atoms with Gasteiger partial charge in [-0.05, 0) is 85.8 Å². The van der Waals surface area contributed by atoms with E-state index in [4.69, 9.17) is 0 Å². The van der Waals surface area contributed by atoms with Crippen molar-refractivity contribution < 1.29 is 18.0 Å². The zero-order chi connectivity index (χ0) is 28.7. The molecule has 1 aliphatic rings. The number of carbonyl (C=O) groups is 2. The van der Waals surface area contributed by atoms with Gasteiger partial charge in [0.2, 0.25) is 0 Å². The van der Waals surface area contributed by atoms with Crippen LogP contribution in [0.5, 0.6) is 0 Å². The molecule has 210 valence electrons. The zero-order valence-electron chi connectivity index (χ0n) is 23.2. The van der Waals surface area contributed by atoms with Crippen LogP contribution in [0.3, 0.4) is 0 Å². The third kappa shape index (κ3) is 7.92. The van der Waals surface area contributed by atoms with Gasteiger partial charge in [0.25, 0.3) is 11.8 Å². The number of carbonyl (C=O) groups excluding carboxylic acids is 2. The first-order valence-corrected chi connectivity index (χ1v) is 15.9. The number of rotatable bonds is 11. The Bertz CT molecular complexity index is 1430. The molecule has 0 aliphatic carbocycles. The second kappa shape index (κ2) is 13.6. The van der Waals surface area contributed by atoms with E-state index < -0.39 is 9.84 Å². The fraction of sp³-hybridized carbons (Fsp3) is 0.379. The van der Waals surface area contributed by atoms with E-state index >= 15 is 0 Å². The van der Waals surface area contributed by atoms with Crippen molar-refractivity contribution in [1.82, 2.24) is 20.5 Å². The summed E-state index contributed by atoms with van der Waals surface area (Å²) in [6.07, 6.45) is 5.03. The number of aryl methyl sites for hydroxylation is 1. The van der Waals surface area contributed by atoms with Crippen molar-refractivity contribution >= 4 is 50.3 Å². The summed E-state index contributed by atoms with van der Waals surface area (Å²) in [6, 6.07) is 7.39. The SMILES string of the molecule is C/C=C1/NC(=O)C(=C\c2[nH]c(C)c(C(=O)NCCN(CC)CC)c2C)/C1=C/CS(=O)(=O)Cc1cccc(I)c1. The highest BCUT2D eigenvalue weighted by Gasteiger charge is 2.28. The lowest BCUT2D eigenvalue weighted by atomic mass is 10.0. The predicted molar refractivity (Wildman–Crippen MR) is 165 cm³/mol. The van der Waals surface area contributed by atoms with E-state index in [9.17, 15) is 18.0 Å². The third-order valence-corrected chi connectivity index (χ3v) is 8.90. The Morgan fingerprint density at radius 2 is 1.87 bits per heavy atom. The Morgan fingerprint density at radius 3 is 2.51 bits per heavy atom. The first-order valence-electron chi connectivity index (χ1n) is 13.0. The van der Waals surface area contributed by atoms with Crippen molar-refractivity contribution in [3.8, 4) is 0 Å². The highest BCUT2D eigenvalue weighted by Crippen LogP contribution is 2.29. The van der Waals surface area contributed by atoms with Gasteiger partial charge in [-0.2, -0.15) is 0 Å². The minimum absolute atomic E-state index is 0.0824. The summed E-state index contributed by atoms with van der Waals surface area (Å²) in [5.74, 6) is -0.775. The summed E-state index contributed by atoms with van der Waals surface area (Å²) >= 11 is 2.16. The minimum atomic E-state index is -3.46. The van der Waals surface area contributed by atoms with Gasteiger partial charge in [-0.1, -0.05) is 38.1 Å². The van der Waals surface area contributed by atoms with Gasteiger partial charge < -0.3 is 20.5 Å². The maximum Gasteiger partial charge on any atom is 0.256 e. The van der Waals surface area contributed by atoms with Crippen molar-refractivity contribution in [3.05, 3.63) is 84.9 Å². The van der Waals surface area contributed by atoms with Crippen LogP contribution in [0.15, 0.2) is 53.3 Å². The molecule has 0 atom stereocenters. The van der Waals surface area contributed by atoms with E-state index in [0.717, 1.165) is 34.3 Å². The number of aromatic nitrogens is 1. The number of nitrogens with one attached hydrogen (secondary N) is 3. The number of amides is 2. The Labute approximate surface area is 245 Å². The molecule has 8 nitrogen and oxygen atoms in total. The lowest BCUT2D eigenvalue weighted by molar-refractivity contribution is -0.115. The molecule has 1 aromatic carbocycles. The molecule has 3 N–H and O–H groups in total. The highest BCUT2D eigenvalue weighted by atomic mass is 127. The quantitative estimate of drug-likeness (QED) is 0.246. The van der Waals surface area contributed by atoms with Gasteiger partial charge in [0.1, 0.15) is 0 Å². The van der Waals surface area contributed by atoms with Crippen LogP contribution in [0.1, 0.15) is 53.6 Å². The average Bonchev–Trinajstić information content (AvgIpc) is 3.34. The summed E-state index contributed by atoms with van der Waals surface area (Å²) in [6.45, 7) is 12.8. The van der Waals surface area contributed by atoms with E-state index in [-0.39, 0.29) is 23.3 Å². The van der Waals surface area contributed by atoms with Crippen LogP contribution in [-0.4, -0.2) is 62.0 Å². The van der Waals surface area contributed by atoms with Crippen molar-refractivity contribution in [3.63, 3.8) is 0 Å². The molecule has 1 saturated heterocycles. The Hall–Kier alpha value is -2.70. The number of sulfone groups is 1. The summed E-state index contributed by atoms with van der Waals surface area (Å²) in [5, 5.41) is 5.81. The Kier molecular flexibility index (Phi) is 10.7. The van der Waals surface area contributed by atoms with Crippen LogP contribution in [-0.2, 0) is 20.4 Å². The van der Waals surface area contributed by atoms with Gasteiger partial charge in [0.15, 0.2) is 9.84 Å². The number of halogens is 1. The summed E-state index contributed by atoms with van der Waals surface area (Å²) in [7, 11) is -3.46. The number of benzene rings is 1. The van der Waals surface area contributed by atoms with Crippen LogP contribution in [0, 0.1) is 17.4 Å². The Balaban J connectivity index is 1.86. The van der Waals surface area contributed by atoms with Gasteiger partial charge in [-0.25, -0.2) is 8.42 Å². The van der Waals surface area contributed by atoms with Crippen LogP contribution in [0.25, 0.3) is 6.08 Å². The smallest absolute Gasteiger partial charge is 0.256 e. The number of allylic oxidation sites excluding steroid dienone is 2. The molecule has 2 amide bonds. The molecule has 2 aromatic rings. The molecular weight excluding hydrogens is 627 g/mol. The predicted octanol–water partition coefficient (Wildman–Crippen LogP) is 4.27. The highest BCUT2D eigenvalue weighted by molar-refractivity contribution is 14.1. The first-order chi connectivity index (χ1) is 18.5. The number of likely N-dealkylation sites (N-methyl/N-ethyl adjacent to an activating group) is 1. The van der Waals surface area contributed by atoms with Crippen LogP contribution in [0.2, 0.25) is 0 Å². The topological polar surface area (TPSA) is 111 Å². The normalized spacial score (nSPS) is 17.0. The van der Waals surface area contributed by atoms with Gasteiger partial charge in [-0.3, -0.25) is 9.59 Å². The van der Waals surface area contributed by atoms with E-state index in [1.165, 1.54) is 0 Å². The van der Waals surface area contributed by atoms with Gasteiger partial charge >= 0.3 is 0 Å². The molecule has 2 heterocycles. The van der Waals surface area contributed by atoms with Gasteiger partial charge in [0, 0.05) is 39.3 Å². The standard InChI is InChI=1S/C29H37IN4O4S/c1-6-25-23(12-15-39(37,38)18-21-10-9-11-22(30)16-21)24(28(35)33-25)17-26-19(4)27(20(5)32-26)29(36)31-13-14-34(7-2)8-3/h6,9-12,16-17,32H,7-8,13-15,18H2,1-5H3,(H,31,36)(H,33,35)/b23-12-,24-17-,25-6+. The monoisotopic (exact) mass is 664 g/mol. The summed E-state index contributed by atoms with van der Waals surface area (Å²) in [4.78, 5) is 31.3. The maximum absolute atomic E-state index is 13.0. The fourth-order valence-corrected chi connectivity index (χ4v) is 6.46. The lowest BCUT2D eigenvalue weighted by Crippen LogP contribution is -2.35. The van der Waals surface area contributed by atoms with Gasteiger partial charge in [0.05, 0.1) is 22.6 Å². The molecule has 10 heteroatoms. The van der Waals surface area contributed by atoms with E-state index in [2.05, 4.69) is 57.0 Å². The van der Waals surface area contributed by atoms with Crippen LogP contribution < -0.4 is 10.6 Å². The third-order valence-electron chi connectivity index (χ3n) is 6.78. The molecule has 1 aromatic heterocycles. The molecule has 1 aliphatic heterocycles. The zero-order valence-corrected chi connectivity index (χ0v) is 26.1. The van der Waals surface area contributed by atoms with Crippen molar-refractivity contribution in [2.75, 3.05) is 31.9 Å². The van der Waals surface area contributed by atoms with E-state index in [1.54, 1.807) is 31.2 Å². The molecular formula is C29H37IN4O4S. The lowest BCUT2D eigenvalue weighted by Gasteiger charge is -2.18. The van der Waals surface area contributed by atoms with Crippen molar-refractivity contribution in [2.24, 2.45) is 0 Å². The largest absolute Gasteiger partial charge is 0.358 e. The van der Waals surface area contributed by atoms with E-state index in [1.807, 2.05) is 32.0 Å². The second-order valence-corrected chi connectivity index (χ2v) is 12.8. The molecule has 0 radical (unpaired) electrons. The summed E-state index contributed by atoms with van der Waals surface area (Å²) < 4.78 is 26.8. The summed E-state index contributed by atoms with van der Waals surface area (Å²) in [5.41, 5.74) is 4.79. The molecule has 0 bridgehead atoms. The molecule has 1 fully saturated rings. The minimum Gasteiger partial charge on any atom is -0.358 e. The van der Waals surface area contributed by atoms with E-state index in [0.29, 0.717) is 40.3 Å². The van der Waals surface area contributed by atoms with Gasteiger partial charge in [-0.15, -0.1) is 0 Å². The fourth-order valence-electron chi connectivity index (χ4n) is 4.62. The number of hydrogen-bond acceptors (Lipinski definition) is 5. The van der Waals surface area contributed by atoms with Crippen LogP contribution >= 0.6 is 22.6 Å². The second-order valence-electron chi connectivity index (χ2n) is 9.46. The molecule has 39 heavy (non-hydrogen) atoms. The number of hydrogen-bond donors (Lipinski definition) is 3. The first kappa shape index (κ1) is 30.8. The van der Waals surface area contributed by atoms with Crippen LogP contribution in [0.4, 0.5) is 0 Å². The number of nitrogens with zero attached hydrogens (tertiary/aromatic N) is 1. The van der Waals surface area contributed by atoms with Crippen molar-refractivity contribution in [2.45, 2.75) is 40.4 Å².